The van der Waals surface area contributed by atoms with Gasteiger partial charge in [0.1, 0.15) is 6.54 Å². The maximum Gasteiger partial charge on any atom is 0.104 e. The Morgan fingerprint density at radius 3 is 1.70 bits per heavy atom. The van der Waals surface area contributed by atoms with E-state index >= 15 is 0 Å². The molecule has 0 atom stereocenters. The minimum atomic E-state index is 0.500. The maximum atomic E-state index is 8.24. The standard InChI is InChI=1S/C16H28N.CHNO/c1-4-12-17(13-5-2,14-6-3)15-16-10-8-7-9-11-16;2-1-3/h7-11H,4-6,12-15H2,1-3H3;3H/q+1;/p-1. The van der Waals surface area contributed by atoms with Gasteiger partial charge in [-0.1, -0.05) is 51.1 Å². The number of quaternary nitrogens is 1. The van der Waals surface area contributed by atoms with Gasteiger partial charge in [-0.15, -0.1) is 0 Å². The van der Waals surface area contributed by atoms with Crippen LogP contribution in [0.2, 0.25) is 0 Å². The van der Waals surface area contributed by atoms with E-state index in [1.807, 2.05) is 0 Å². The molecule has 0 unspecified atom stereocenters. The van der Waals surface area contributed by atoms with E-state index in [1.165, 1.54) is 55.5 Å². The highest BCUT2D eigenvalue weighted by atomic mass is 16.2. The Bertz CT molecular complexity index is 353. The molecule has 0 spiro atoms. The Morgan fingerprint density at radius 2 is 1.35 bits per heavy atom. The first-order valence-electron chi connectivity index (χ1n) is 7.58. The summed E-state index contributed by atoms with van der Waals surface area (Å²) in [5, 5.41) is 15.0. The van der Waals surface area contributed by atoms with Crippen molar-refractivity contribution < 1.29 is 9.59 Å². The van der Waals surface area contributed by atoms with Gasteiger partial charge in [0.05, 0.1) is 19.6 Å². The molecular formula is C17H28N2O. The van der Waals surface area contributed by atoms with Gasteiger partial charge in [-0.2, -0.15) is 0 Å². The molecule has 0 aliphatic heterocycles. The zero-order valence-electron chi connectivity index (χ0n) is 13.1. The molecule has 20 heavy (non-hydrogen) atoms. The molecular weight excluding hydrogens is 248 g/mol. The molecule has 0 heterocycles. The molecule has 0 amide bonds. The van der Waals surface area contributed by atoms with E-state index in [4.69, 9.17) is 10.4 Å². The lowest BCUT2D eigenvalue weighted by molar-refractivity contribution is -0.941. The summed E-state index contributed by atoms with van der Waals surface area (Å²) >= 11 is 0. The molecule has 0 saturated carbocycles. The molecule has 0 radical (unpaired) electrons. The molecule has 112 valence electrons. The second-order valence-corrected chi connectivity index (χ2v) is 5.25. The molecule has 1 rings (SSSR count). The topological polar surface area (TPSA) is 46.8 Å². The van der Waals surface area contributed by atoms with Crippen LogP contribution >= 0.6 is 0 Å². The number of hydrogen-bond donors (Lipinski definition) is 0. The first-order chi connectivity index (χ1) is 9.67. The van der Waals surface area contributed by atoms with Crippen LogP contribution in [0.3, 0.4) is 0 Å². The predicted octanol–water partition coefficient (Wildman–Crippen LogP) is 3.06. The maximum absolute atomic E-state index is 8.24. The van der Waals surface area contributed by atoms with Crippen LogP contribution in [0, 0.1) is 11.5 Å². The van der Waals surface area contributed by atoms with Crippen molar-refractivity contribution in [2.75, 3.05) is 19.6 Å². The molecule has 0 bridgehead atoms. The van der Waals surface area contributed by atoms with Crippen LogP contribution in [-0.4, -0.2) is 24.1 Å². The highest BCUT2D eigenvalue weighted by molar-refractivity contribution is 5.13. The third-order valence-corrected chi connectivity index (χ3v) is 3.45. The van der Waals surface area contributed by atoms with Crippen LogP contribution < -0.4 is 5.11 Å². The fraction of sp³-hybridized carbons (Fsp3) is 0.588. The Kier molecular flexibility index (Phi) is 10.4. The van der Waals surface area contributed by atoms with Crippen molar-refractivity contribution >= 4 is 0 Å². The Morgan fingerprint density at radius 1 is 0.950 bits per heavy atom. The smallest absolute Gasteiger partial charge is 0.104 e. The lowest BCUT2D eigenvalue weighted by Gasteiger charge is -2.38. The average molecular weight is 276 g/mol. The van der Waals surface area contributed by atoms with E-state index < -0.39 is 0 Å². The van der Waals surface area contributed by atoms with Gasteiger partial charge in [0.2, 0.25) is 0 Å². The highest BCUT2D eigenvalue weighted by Crippen LogP contribution is 2.17. The third kappa shape index (κ3) is 7.16. The summed E-state index contributed by atoms with van der Waals surface area (Å²) in [7, 11) is 0. The lowest BCUT2D eigenvalue weighted by Crippen LogP contribution is -2.48. The Hall–Kier alpha value is -1.53. The summed E-state index contributed by atoms with van der Waals surface area (Å²) in [5.41, 5.74) is 1.49. The fourth-order valence-electron chi connectivity index (χ4n) is 2.97. The van der Waals surface area contributed by atoms with Crippen LogP contribution in [0.25, 0.3) is 0 Å². The van der Waals surface area contributed by atoms with Crippen molar-refractivity contribution in [3.05, 3.63) is 35.9 Å². The summed E-state index contributed by atoms with van der Waals surface area (Å²) in [6.45, 7) is 12.1. The van der Waals surface area contributed by atoms with Crippen molar-refractivity contribution in [1.29, 1.82) is 5.26 Å². The Balaban J connectivity index is 0.00000110. The SMILES string of the molecule is CCC[N+](CCC)(CCC)Cc1ccccc1.N#C[O-]. The van der Waals surface area contributed by atoms with E-state index in [1.54, 1.807) is 0 Å². The molecule has 0 aliphatic carbocycles. The summed E-state index contributed by atoms with van der Waals surface area (Å²) in [4.78, 5) is 0. The molecule has 1 aromatic rings. The molecule has 3 heteroatoms. The van der Waals surface area contributed by atoms with Gasteiger partial charge in [-0.05, 0) is 19.3 Å². The second kappa shape index (κ2) is 11.3. The van der Waals surface area contributed by atoms with Crippen LogP contribution in [0.4, 0.5) is 0 Å². The molecule has 0 N–H and O–H groups in total. The van der Waals surface area contributed by atoms with E-state index in [-0.39, 0.29) is 0 Å². The number of benzene rings is 1. The largest absolute Gasteiger partial charge is 0.812 e. The van der Waals surface area contributed by atoms with E-state index in [0.29, 0.717) is 6.26 Å². The summed E-state index contributed by atoms with van der Waals surface area (Å²) in [6, 6.07) is 11.0. The summed E-state index contributed by atoms with van der Waals surface area (Å²) < 4.78 is 1.27. The van der Waals surface area contributed by atoms with Crippen LogP contribution in [0.5, 0.6) is 0 Å². The van der Waals surface area contributed by atoms with Crippen molar-refractivity contribution in [3.63, 3.8) is 0 Å². The predicted molar refractivity (Wildman–Crippen MR) is 81.5 cm³/mol. The van der Waals surface area contributed by atoms with Crippen molar-refractivity contribution in [2.45, 2.75) is 46.6 Å². The van der Waals surface area contributed by atoms with Gasteiger partial charge in [-0.3, -0.25) is 0 Å². The molecule has 1 aromatic carbocycles. The molecule has 0 saturated heterocycles. The van der Waals surface area contributed by atoms with Crippen molar-refractivity contribution in [3.8, 4) is 6.26 Å². The third-order valence-electron chi connectivity index (χ3n) is 3.45. The van der Waals surface area contributed by atoms with Crippen LogP contribution in [0.1, 0.15) is 45.6 Å². The zero-order valence-corrected chi connectivity index (χ0v) is 13.1. The minimum absolute atomic E-state index is 0.500. The van der Waals surface area contributed by atoms with Gasteiger partial charge < -0.3 is 9.59 Å². The number of nitriles is 1. The van der Waals surface area contributed by atoms with Crippen LogP contribution in [-0.2, 0) is 6.54 Å². The average Bonchev–Trinajstić information content (AvgIpc) is 2.41. The summed E-state index contributed by atoms with van der Waals surface area (Å²) in [6.07, 6.45) is 4.35. The first-order valence-corrected chi connectivity index (χ1v) is 7.58. The first kappa shape index (κ1) is 18.5. The van der Waals surface area contributed by atoms with Crippen molar-refractivity contribution in [2.24, 2.45) is 0 Å². The van der Waals surface area contributed by atoms with Gasteiger partial charge in [-0.25, -0.2) is 5.26 Å². The molecule has 0 aliphatic rings. The monoisotopic (exact) mass is 276 g/mol. The van der Waals surface area contributed by atoms with E-state index in [9.17, 15) is 0 Å². The van der Waals surface area contributed by atoms with E-state index in [0.717, 1.165) is 0 Å². The number of nitrogens with zero attached hydrogens (tertiary/aromatic N) is 2. The van der Waals surface area contributed by atoms with Crippen molar-refractivity contribution in [1.82, 2.24) is 0 Å². The quantitative estimate of drug-likeness (QED) is 0.541. The number of hydrogen-bond acceptors (Lipinski definition) is 2. The Labute approximate surface area is 124 Å². The fourth-order valence-corrected chi connectivity index (χ4v) is 2.97. The zero-order chi connectivity index (χ0) is 15.3. The molecule has 0 fully saturated rings. The van der Waals surface area contributed by atoms with Gasteiger partial charge in [0.25, 0.3) is 0 Å². The highest BCUT2D eigenvalue weighted by Gasteiger charge is 2.24. The second-order valence-electron chi connectivity index (χ2n) is 5.25. The van der Waals surface area contributed by atoms with Gasteiger partial charge >= 0.3 is 0 Å². The van der Waals surface area contributed by atoms with Crippen LogP contribution in [0.15, 0.2) is 30.3 Å². The molecule has 0 aromatic heterocycles. The van der Waals surface area contributed by atoms with Gasteiger partial charge in [0.15, 0.2) is 0 Å². The lowest BCUT2D eigenvalue weighted by atomic mass is 10.1. The molecule has 3 nitrogen and oxygen atoms in total. The number of rotatable bonds is 8. The van der Waals surface area contributed by atoms with E-state index in [2.05, 4.69) is 51.1 Å². The van der Waals surface area contributed by atoms with Gasteiger partial charge in [0, 0.05) is 11.8 Å². The summed E-state index contributed by atoms with van der Waals surface area (Å²) in [5.74, 6) is 0. The minimum Gasteiger partial charge on any atom is -0.812 e. The normalized spacial score (nSPS) is 10.3.